The third-order valence-corrected chi connectivity index (χ3v) is 2.09. The van der Waals surface area contributed by atoms with Crippen molar-refractivity contribution in [3.05, 3.63) is 34.9 Å². The predicted octanol–water partition coefficient (Wildman–Crippen LogP) is 3.94. The largest absolute Gasteiger partial charge is 0.485 e. The van der Waals surface area contributed by atoms with Crippen LogP contribution in [0.4, 0.5) is 0 Å². The SMILES string of the molecule is CC[CH]Oc1cccc(Cl)c1Cl. The van der Waals surface area contributed by atoms with E-state index in [1.165, 1.54) is 0 Å². The van der Waals surface area contributed by atoms with Gasteiger partial charge in [0.1, 0.15) is 17.4 Å². The van der Waals surface area contributed by atoms with E-state index in [0.29, 0.717) is 15.8 Å². The van der Waals surface area contributed by atoms with Gasteiger partial charge in [0.15, 0.2) is 0 Å². The highest BCUT2D eigenvalue weighted by Crippen LogP contribution is 2.31. The van der Waals surface area contributed by atoms with Crippen molar-refractivity contribution in [2.24, 2.45) is 0 Å². The predicted molar refractivity (Wildman–Crippen MR) is 51.7 cm³/mol. The summed E-state index contributed by atoms with van der Waals surface area (Å²) in [6, 6.07) is 5.30. The van der Waals surface area contributed by atoms with Gasteiger partial charge in [-0.05, 0) is 18.6 Å². The van der Waals surface area contributed by atoms with Gasteiger partial charge in [0.05, 0.1) is 5.02 Å². The van der Waals surface area contributed by atoms with Crippen LogP contribution in [0.1, 0.15) is 13.3 Å². The maximum absolute atomic E-state index is 5.85. The molecule has 0 bridgehead atoms. The van der Waals surface area contributed by atoms with E-state index < -0.39 is 0 Å². The van der Waals surface area contributed by atoms with Gasteiger partial charge in [0.2, 0.25) is 0 Å². The fourth-order valence-electron chi connectivity index (χ4n) is 0.748. The second kappa shape index (κ2) is 4.58. The van der Waals surface area contributed by atoms with Crippen LogP contribution in [0.25, 0.3) is 0 Å². The monoisotopic (exact) mass is 203 g/mol. The van der Waals surface area contributed by atoms with Crippen LogP contribution in [-0.2, 0) is 0 Å². The zero-order valence-electron chi connectivity index (χ0n) is 6.68. The minimum Gasteiger partial charge on any atom is -0.485 e. The summed E-state index contributed by atoms with van der Waals surface area (Å²) >= 11 is 11.6. The fraction of sp³-hybridized carbons (Fsp3) is 0.222. The molecule has 1 aromatic carbocycles. The van der Waals surface area contributed by atoms with Crippen LogP contribution >= 0.6 is 23.2 Å². The first-order valence-corrected chi connectivity index (χ1v) is 4.43. The van der Waals surface area contributed by atoms with Crippen molar-refractivity contribution in [1.82, 2.24) is 0 Å². The van der Waals surface area contributed by atoms with Crippen LogP contribution in [0.2, 0.25) is 10.0 Å². The molecule has 0 aromatic heterocycles. The molecule has 0 saturated heterocycles. The molecular weight excluding hydrogens is 195 g/mol. The molecular formula is C9H9Cl2O. The summed E-state index contributed by atoms with van der Waals surface area (Å²) in [6.45, 7) is 3.66. The molecule has 0 fully saturated rings. The van der Waals surface area contributed by atoms with Gasteiger partial charge in [-0.3, -0.25) is 0 Å². The highest BCUT2D eigenvalue weighted by atomic mass is 35.5. The lowest BCUT2D eigenvalue weighted by atomic mass is 10.3. The molecule has 0 atom stereocenters. The van der Waals surface area contributed by atoms with Crippen molar-refractivity contribution in [2.75, 3.05) is 0 Å². The van der Waals surface area contributed by atoms with E-state index in [4.69, 9.17) is 27.9 Å². The lowest BCUT2D eigenvalue weighted by Crippen LogP contribution is -1.88. The third-order valence-electron chi connectivity index (χ3n) is 1.29. The van der Waals surface area contributed by atoms with E-state index in [0.717, 1.165) is 6.42 Å². The Hall–Kier alpha value is -0.400. The van der Waals surface area contributed by atoms with Gasteiger partial charge >= 0.3 is 0 Å². The van der Waals surface area contributed by atoms with Crippen molar-refractivity contribution in [2.45, 2.75) is 13.3 Å². The lowest BCUT2D eigenvalue weighted by molar-refractivity contribution is 0.397. The Kier molecular flexibility index (Phi) is 3.70. The van der Waals surface area contributed by atoms with Crippen molar-refractivity contribution in [1.29, 1.82) is 0 Å². The van der Waals surface area contributed by atoms with E-state index in [9.17, 15) is 0 Å². The van der Waals surface area contributed by atoms with Crippen molar-refractivity contribution >= 4 is 23.2 Å². The highest BCUT2D eigenvalue weighted by Gasteiger charge is 2.03. The van der Waals surface area contributed by atoms with Crippen LogP contribution in [0.3, 0.4) is 0 Å². The first-order valence-electron chi connectivity index (χ1n) is 3.68. The summed E-state index contributed by atoms with van der Waals surface area (Å²) in [7, 11) is 0. The van der Waals surface area contributed by atoms with Gasteiger partial charge in [0, 0.05) is 0 Å². The molecule has 3 heteroatoms. The molecule has 1 radical (unpaired) electrons. The second-order valence-corrected chi connectivity index (χ2v) is 3.03. The Labute approximate surface area is 82.2 Å². The Bertz CT molecular complexity index is 261. The highest BCUT2D eigenvalue weighted by molar-refractivity contribution is 6.42. The van der Waals surface area contributed by atoms with E-state index in [-0.39, 0.29) is 0 Å². The zero-order valence-corrected chi connectivity index (χ0v) is 8.19. The standard InChI is InChI=1S/C9H9Cl2O/c1-2-6-12-8-5-3-4-7(10)9(8)11/h3-6H,2H2,1H3. The summed E-state index contributed by atoms with van der Waals surface area (Å²) in [5.74, 6) is 0.603. The number of rotatable bonds is 3. The van der Waals surface area contributed by atoms with Crippen LogP contribution in [0, 0.1) is 6.61 Å². The molecule has 0 spiro atoms. The van der Waals surface area contributed by atoms with Gasteiger partial charge < -0.3 is 4.74 Å². The van der Waals surface area contributed by atoms with E-state index in [1.807, 2.05) is 6.92 Å². The molecule has 1 rings (SSSR count). The average Bonchev–Trinajstić information content (AvgIpc) is 2.08. The molecule has 0 amide bonds. The van der Waals surface area contributed by atoms with Gasteiger partial charge in [-0.2, -0.15) is 0 Å². The molecule has 0 saturated carbocycles. The first-order chi connectivity index (χ1) is 5.75. The molecule has 0 N–H and O–H groups in total. The van der Waals surface area contributed by atoms with Crippen LogP contribution in [-0.4, -0.2) is 0 Å². The minimum absolute atomic E-state index is 0.462. The van der Waals surface area contributed by atoms with Crippen LogP contribution in [0.5, 0.6) is 5.75 Å². The maximum atomic E-state index is 5.85. The molecule has 0 aliphatic carbocycles. The lowest BCUT2D eigenvalue weighted by Gasteiger charge is -2.05. The van der Waals surface area contributed by atoms with Crippen molar-refractivity contribution in [3.63, 3.8) is 0 Å². The second-order valence-electron chi connectivity index (χ2n) is 2.24. The first kappa shape index (κ1) is 9.69. The smallest absolute Gasteiger partial charge is 0.140 e. The molecule has 0 unspecified atom stereocenters. The van der Waals surface area contributed by atoms with Gasteiger partial charge in [-0.1, -0.05) is 36.2 Å². The van der Waals surface area contributed by atoms with E-state index in [1.54, 1.807) is 24.8 Å². The van der Waals surface area contributed by atoms with Crippen molar-refractivity contribution in [3.8, 4) is 5.75 Å². The van der Waals surface area contributed by atoms with Gasteiger partial charge in [-0.15, -0.1) is 0 Å². The number of halogens is 2. The molecule has 0 aliphatic rings. The van der Waals surface area contributed by atoms with Crippen LogP contribution < -0.4 is 4.74 Å². The Morgan fingerprint density at radius 2 is 2.17 bits per heavy atom. The number of hydrogen-bond acceptors (Lipinski definition) is 1. The quantitative estimate of drug-likeness (QED) is 0.724. The van der Waals surface area contributed by atoms with E-state index >= 15 is 0 Å². The summed E-state index contributed by atoms with van der Waals surface area (Å²) in [5, 5.41) is 0.975. The minimum atomic E-state index is 0.462. The van der Waals surface area contributed by atoms with Crippen LogP contribution in [0.15, 0.2) is 18.2 Å². The summed E-state index contributed by atoms with van der Waals surface area (Å²) in [5.41, 5.74) is 0. The fourth-order valence-corrected chi connectivity index (χ4v) is 1.08. The molecule has 0 heterocycles. The zero-order chi connectivity index (χ0) is 8.97. The topological polar surface area (TPSA) is 9.23 Å². The number of ether oxygens (including phenoxy) is 1. The summed E-state index contributed by atoms with van der Waals surface area (Å²) in [6.07, 6.45) is 0.836. The van der Waals surface area contributed by atoms with E-state index in [2.05, 4.69) is 0 Å². The third kappa shape index (κ3) is 2.29. The average molecular weight is 204 g/mol. The van der Waals surface area contributed by atoms with Crippen molar-refractivity contribution < 1.29 is 4.74 Å². The van der Waals surface area contributed by atoms with Gasteiger partial charge in [-0.25, -0.2) is 0 Å². The number of hydrogen-bond donors (Lipinski definition) is 0. The molecule has 0 aliphatic heterocycles. The normalized spacial score (nSPS) is 9.92. The number of benzene rings is 1. The Morgan fingerprint density at radius 1 is 1.42 bits per heavy atom. The maximum Gasteiger partial charge on any atom is 0.140 e. The summed E-state index contributed by atoms with van der Waals surface area (Å²) in [4.78, 5) is 0. The molecule has 65 valence electrons. The molecule has 12 heavy (non-hydrogen) atoms. The molecule has 1 nitrogen and oxygen atoms in total. The Balaban J connectivity index is 2.78. The van der Waals surface area contributed by atoms with Gasteiger partial charge in [0.25, 0.3) is 0 Å². The Morgan fingerprint density at radius 3 is 2.83 bits per heavy atom. The molecule has 1 aromatic rings. The summed E-state index contributed by atoms with van der Waals surface area (Å²) < 4.78 is 5.23.